The largest absolute Gasteiger partial charge is 0.467 e. The molecular weight excluding hydrogens is 456 g/mol. The minimum atomic E-state index is -3.01. The van der Waals surface area contributed by atoms with Gasteiger partial charge in [0.15, 0.2) is 6.04 Å². The first-order valence-corrected chi connectivity index (χ1v) is 10.8. The molecule has 2 heterocycles. The van der Waals surface area contributed by atoms with Crippen LogP contribution >= 0.6 is 0 Å². The van der Waals surface area contributed by atoms with Gasteiger partial charge in [0.25, 0.3) is 0 Å². The number of methoxy groups -OCH3 is 1. The molecule has 1 spiro atoms. The summed E-state index contributed by atoms with van der Waals surface area (Å²) in [5.41, 5.74) is 0.300. The average Bonchev–Trinajstić information content (AvgIpc) is 3.21. The second kappa shape index (κ2) is 11.1. The number of likely N-dealkylation sites (tertiary alicyclic amines) is 1. The summed E-state index contributed by atoms with van der Waals surface area (Å²) in [6.07, 6.45) is -0.574. The minimum Gasteiger partial charge on any atom is -0.467 e. The molecule has 0 aliphatic carbocycles. The van der Waals surface area contributed by atoms with Crippen molar-refractivity contribution >= 4 is 17.8 Å². The van der Waals surface area contributed by atoms with Gasteiger partial charge in [-0.25, -0.2) is 4.79 Å². The number of hydrogen-bond acceptors (Lipinski definition) is 8. The molecule has 2 aliphatic heterocycles. The zero-order chi connectivity index (χ0) is 24.9. The number of nitrogens with zero attached hydrogens (tertiary/aromatic N) is 1. The van der Waals surface area contributed by atoms with Crippen LogP contribution in [0, 0.1) is 5.41 Å². The number of alkyl halides is 2. The predicted molar refractivity (Wildman–Crippen MR) is 114 cm³/mol. The van der Waals surface area contributed by atoms with E-state index in [9.17, 15) is 28.3 Å². The first-order valence-electron chi connectivity index (χ1n) is 10.8. The van der Waals surface area contributed by atoms with Crippen LogP contribution in [-0.2, 0) is 23.9 Å². The molecule has 1 aromatic rings. The molecule has 3 atom stereocenters. The average molecular weight is 485 g/mol. The molecule has 3 N–H and O–H groups in total. The number of carbonyl (C=O) groups excluding carboxylic acids is 3. The van der Waals surface area contributed by atoms with Gasteiger partial charge in [0, 0.05) is 12.0 Å². The fraction of sp³-hybridized carbons (Fsp3) is 0.591. The van der Waals surface area contributed by atoms with Crippen molar-refractivity contribution in [2.75, 3.05) is 40.0 Å². The molecule has 0 unspecified atom stereocenters. The summed E-state index contributed by atoms with van der Waals surface area (Å²) in [5.74, 6) is -2.09. The molecule has 10 nitrogen and oxygen atoms in total. The Balaban J connectivity index is 1.55. The molecule has 2 aliphatic rings. The van der Waals surface area contributed by atoms with Crippen LogP contribution in [-0.4, -0.2) is 86.4 Å². The summed E-state index contributed by atoms with van der Waals surface area (Å²) in [6, 6.07) is 2.48. The lowest BCUT2D eigenvalue weighted by Crippen LogP contribution is -2.53. The maximum absolute atomic E-state index is 12.6. The summed E-state index contributed by atoms with van der Waals surface area (Å²) < 4.78 is 38.8. The van der Waals surface area contributed by atoms with Crippen molar-refractivity contribution in [2.24, 2.45) is 5.41 Å². The fourth-order valence-corrected chi connectivity index (χ4v) is 4.06. The number of rotatable bonds is 10. The van der Waals surface area contributed by atoms with Crippen LogP contribution in [0.15, 0.2) is 24.3 Å². The molecule has 1 aromatic carbocycles. The maximum Gasteiger partial charge on any atom is 0.387 e. The Labute approximate surface area is 195 Å². The highest BCUT2D eigenvalue weighted by molar-refractivity contribution is 5.91. The number of hydrogen-bond donors (Lipinski definition) is 3. The molecule has 12 heteroatoms. The predicted octanol–water partition coefficient (Wildman–Crippen LogP) is 0.206. The van der Waals surface area contributed by atoms with Crippen LogP contribution in [0.3, 0.4) is 0 Å². The van der Waals surface area contributed by atoms with Gasteiger partial charge in [-0.2, -0.15) is 8.78 Å². The molecule has 0 saturated carbocycles. The number of amides is 2. The molecule has 34 heavy (non-hydrogen) atoms. The van der Waals surface area contributed by atoms with Gasteiger partial charge in [-0.15, -0.1) is 0 Å². The van der Waals surface area contributed by atoms with E-state index in [0.717, 1.165) is 26.6 Å². The van der Waals surface area contributed by atoms with Gasteiger partial charge in [-0.3, -0.25) is 14.5 Å². The van der Waals surface area contributed by atoms with E-state index < -0.39 is 36.7 Å². The molecule has 188 valence electrons. The van der Waals surface area contributed by atoms with Gasteiger partial charge in [-0.1, -0.05) is 12.1 Å². The van der Waals surface area contributed by atoms with Gasteiger partial charge in [0.05, 0.1) is 26.9 Å². The van der Waals surface area contributed by atoms with Crippen molar-refractivity contribution in [2.45, 2.75) is 38.1 Å². The third-order valence-electron chi connectivity index (χ3n) is 5.99. The fourth-order valence-electron chi connectivity index (χ4n) is 4.06. The monoisotopic (exact) mass is 485 g/mol. The van der Waals surface area contributed by atoms with Gasteiger partial charge in [0.2, 0.25) is 11.8 Å². The van der Waals surface area contributed by atoms with Crippen molar-refractivity contribution in [1.82, 2.24) is 15.5 Å². The summed E-state index contributed by atoms with van der Waals surface area (Å²) in [6.45, 7) is 1.51. The number of aliphatic hydroxyl groups excluding tert-OH is 1. The molecule has 0 radical (unpaired) electrons. The third-order valence-corrected chi connectivity index (χ3v) is 5.99. The Morgan fingerprint density at radius 3 is 2.41 bits per heavy atom. The quantitative estimate of drug-likeness (QED) is 0.402. The summed E-state index contributed by atoms with van der Waals surface area (Å²) >= 11 is 0. The maximum atomic E-state index is 12.6. The Hall–Kier alpha value is -2.83. The molecular formula is C22H29F2N3O7. The Kier molecular flexibility index (Phi) is 8.39. The molecule has 0 aromatic heterocycles. The summed E-state index contributed by atoms with van der Waals surface area (Å²) in [7, 11) is 1.09. The molecule has 3 rings (SSSR count). The van der Waals surface area contributed by atoms with Gasteiger partial charge in [0.1, 0.15) is 17.9 Å². The van der Waals surface area contributed by atoms with Gasteiger partial charge in [-0.05, 0) is 37.6 Å². The lowest BCUT2D eigenvalue weighted by molar-refractivity contribution is -0.148. The van der Waals surface area contributed by atoms with E-state index in [1.807, 2.05) is 4.90 Å². The van der Waals surface area contributed by atoms with Crippen LogP contribution in [0.2, 0.25) is 0 Å². The Morgan fingerprint density at radius 1 is 1.21 bits per heavy atom. The van der Waals surface area contributed by atoms with E-state index >= 15 is 0 Å². The topological polar surface area (TPSA) is 126 Å². The lowest BCUT2D eigenvalue weighted by atomic mass is 9.85. The number of aliphatic hydroxyl groups is 1. The van der Waals surface area contributed by atoms with Crippen molar-refractivity contribution in [3.05, 3.63) is 29.8 Å². The van der Waals surface area contributed by atoms with E-state index in [4.69, 9.17) is 4.74 Å². The van der Waals surface area contributed by atoms with Crippen LogP contribution in [0.4, 0.5) is 8.78 Å². The first-order chi connectivity index (χ1) is 16.1. The molecule has 2 saturated heterocycles. The smallest absolute Gasteiger partial charge is 0.387 e. The van der Waals surface area contributed by atoms with E-state index in [1.54, 1.807) is 0 Å². The SMILES string of the molecule is COC(=O)[C@@H](NC(=O)[C@H](C)NC(=O)CN1CCC2(COC2)C1)[C@H](O)c1ccc(OC(F)F)cc1. The van der Waals surface area contributed by atoms with E-state index in [-0.39, 0.29) is 29.2 Å². The normalized spacial score (nSPS) is 19.7. The van der Waals surface area contributed by atoms with Crippen molar-refractivity contribution in [1.29, 1.82) is 0 Å². The van der Waals surface area contributed by atoms with Gasteiger partial charge < -0.3 is 30.0 Å². The van der Waals surface area contributed by atoms with Crippen molar-refractivity contribution in [3.63, 3.8) is 0 Å². The minimum absolute atomic E-state index is 0.130. The molecule has 2 fully saturated rings. The first kappa shape index (κ1) is 25.8. The number of esters is 1. The second-order valence-corrected chi connectivity index (χ2v) is 8.64. The van der Waals surface area contributed by atoms with Crippen LogP contribution < -0.4 is 15.4 Å². The van der Waals surface area contributed by atoms with Crippen LogP contribution in [0.5, 0.6) is 5.75 Å². The van der Waals surface area contributed by atoms with Crippen molar-refractivity contribution < 1.29 is 42.5 Å². The lowest BCUT2D eigenvalue weighted by Gasteiger charge is -2.37. The van der Waals surface area contributed by atoms with Crippen molar-refractivity contribution in [3.8, 4) is 5.75 Å². The highest BCUT2D eigenvalue weighted by Gasteiger charge is 2.44. The standard InChI is InChI=1S/C22H29F2N3O7/c1-13(25-16(28)9-27-8-7-22(10-27)11-33-12-22)19(30)26-17(20(31)32-2)18(29)14-3-5-15(6-4-14)34-21(23)24/h3-6,13,17-18,21,29H,7-12H2,1-2H3,(H,25,28)(H,26,30)/t13-,17-,18+/m0/s1. The zero-order valence-electron chi connectivity index (χ0n) is 19.0. The number of halogens is 2. The number of carbonyl (C=O) groups is 3. The summed E-state index contributed by atoms with van der Waals surface area (Å²) in [4.78, 5) is 39.3. The molecule has 0 bridgehead atoms. The van der Waals surface area contributed by atoms with E-state index in [1.165, 1.54) is 31.2 Å². The Morgan fingerprint density at radius 2 is 1.88 bits per heavy atom. The zero-order valence-corrected chi connectivity index (χ0v) is 19.0. The van der Waals surface area contributed by atoms with E-state index in [2.05, 4.69) is 20.1 Å². The highest BCUT2D eigenvalue weighted by Crippen LogP contribution is 2.37. The third kappa shape index (κ3) is 6.39. The number of nitrogens with one attached hydrogen (secondary N) is 2. The van der Waals surface area contributed by atoms with Crippen LogP contribution in [0.1, 0.15) is 25.0 Å². The highest BCUT2D eigenvalue weighted by atomic mass is 19.3. The summed E-state index contributed by atoms with van der Waals surface area (Å²) in [5, 5.41) is 15.6. The number of ether oxygens (including phenoxy) is 3. The van der Waals surface area contributed by atoms with Gasteiger partial charge >= 0.3 is 12.6 Å². The Bertz CT molecular complexity index is 880. The van der Waals surface area contributed by atoms with E-state index in [0.29, 0.717) is 13.2 Å². The number of benzene rings is 1. The van der Waals surface area contributed by atoms with Crippen LogP contribution in [0.25, 0.3) is 0 Å². The molecule has 2 amide bonds. The second-order valence-electron chi connectivity index (χ2n) is 8.64.